The first kappa shape index (κ1) is 13.1. The standard InChI is InChI=1S/C12H18N4OS/c1-3-12(17)16-7-6-9(8-16)13-10-4-5-11(18-2)15-14-10/h4-5,9H,3,6-8H2,1-2H3,(H,13,14). The number of carbonyl (C=O) groups is 1. The molecule has 98 valence electrons. The van der Waals surface area contributed by atoms with Gasteiger partial charge in [-0.05, 0) is 24.8 Å². The molecule has 1 unspecified atom stereocenters. The number of likely N-dealkylation sites (tertiary alicyclic amines) is 1. The summed E-state index contributed by atoms with van der Waals surface area (Å²) in [7, 11) is 0. The number of hydrogen-bond donors (Lipinski definition) is 1. The van der Waals surface area contributed by atoms with Crippen molar-refractivity contribution in [2.75, 3.05) is 24.7 Å². The van der Waals surface area contributed by atoms with Gasteiger partial charge in [0.2, 0.25) is 5.91 Å². The van der Waals surface area contributed by atoms with Crippen molar-refractivity contribution in [3.05, 3.63) is 12.1 Å². The molecule has 1 aliphatic heterocycles. The molecule has 0 spiro atoms. The van der Waals surface area contributed by atoms with Crippen LogP contribution in [0.1, 0.15) is 19.8 Å². The van der Waals surface area contributed by atoms with Gasteiger partial charge in [0.25, 0.3) is 0 Å². The topological polar surface area (TPSA) is 58.1 Å². The highest BCUT2D eigenvalue weighted by Gasteiger charge is 2.25. The third-order valence-corrected chi connectivity index (χ3v) is 3.68. The zero-order valence-corrected chi connectivity index (χ0v) is 11.5. The van der Waals surface area contributed by atoms with E-state index in [0.29, 0.717) is 6.42 Å². The summed E-state index contributed by atoms with van der Waals surface area (Å²) in [5.74, 6) is 1.01. The van der Waals surface area contributed by atoms with Crippen LogP contribution >= 0.6 is 11.8 Å². The fraction of sp³-hybridized carbons (Fsp3) is 0.583. The van der Waals surface area contributed by atoms with Crippen LogP contribution in [-0.4, -0.2) is 46.4 Å². The van der Waals surface area contributed by atoms with Gasteiger partial charge in [0.1, 0.15) is 10.8 Å². The van der Waals surface area contributed by atoms with E-state index < -0.39 is 0 Å². The van der Waals surface area contributed by atoms with Crippen LogP contribution in [0.5, 0.6) is 0 Å². The lowest BCUT2D eigenvalue weighted by Crippen LogP contribution is -2.31. The number of nitrogens with one attached hydrogen (secondary N) is 1. The first-order valence-electron chi connectivity index (χ1n) is 6.15. The molecule has 1 atom stereocenters. The minimum Gasteiger partial charge on any atom is -0.364 e. The molecule has 2 heterocycles. The highest BCUT2D eigenvalue weighted by molar-refractivity contribution is 7.98. The Balaban J connectivity index is 1.89. The van der Waals surface area contributed by atoms with Crippen LogP contribution in [0.4, 0.5) is 5.82 Å². The summed E-state index contributed by atoms with van der Waals surface area (Å²) >= 11 is 1.57. The van der Waals surface area contributed by atoms with E-state index in [9.17, 15) is 4.79 Å². The molecule has 5 nitrogen and oxygen atoms in total. The number of rotatable bonds is 4. The summed E-state index contributed by atoms with van der Waals surface area (Å²) in [6, 6.07) is 4.17. The molecule has 1 N–H and O–H groups in total. The Hall–Kier alpha value is -1.30. The molecule has 1 fully saturated rings. The highest BCUT2D eigenvalue weighted by Crippen LogP contribution is 2.16. The van der Waals surface area contributed by atoms with E-state index in [2.05, 4.69) is 15.5 Å². The molecule has 6 heteroatoms. The largest absolute Gasteiger partial charge is 0.364 e. The maximum absolute atomic E-state index is 11.6. The van der Waals surface area contributed by atoms with Crippen LogP contribution in [0.25, 0.3) is 0 Å². The number of anilines is 1. The summed E-state index contributed by atoms with van der Waals surface area (Å²) in [6.45, 7) is 3.50. The zero-order valence-electron chi connectivity index (χ0n) is 10.7. The zero-order chi connectivity index (χ0) is 13.0. The van der Waals surface area contributed by atoms with Gasteiger partial charge in [-0.2, -0.15) is 0 Å². The molecular formula is C12H18N4OS. The third-order valence-electron chi connectivity index (χ3n) is 3.04. The van der Waals surface area contributed by atoms with Gasteiger partial charge in [0.05, 0.1) is 0 Å². The highest BCUT2D eigenvalue weighted by atomic mass is 32.2. The smallest absolute Gasteiger partial charge is 0.222 e. The fourth-order valence-electron chi connectivity index (χ4n) is 2.04. The summed E-state index contributed by atoms with van der Waals surface area (Å²) in [6.07, 6.45) is 3.52. The summed E-state index contributed by atoms with van der Waals surface area (Å²) < 4.78 is 0. The summed E-state index contributed by atoms with van der Waals surface area (Å²) in [4.78, 5) is 13.5. The fourth-order valence-corrected chi connectivity index (χ4v) is 2.37. The first-order chi connectivity index (χ1) is 8.72. The van der Waals surface area contributed by atoms with Gasteiger partial charge in [-0.25, -0.2) is 0 Å². The van der Waals surface area contributed by atoms with Crippen molar-refractivity contribution in [3.63, 3.8) is 0 Å². The monoisotopic (exact) mass is 266 g/mol. The average Bonchev–Trinajstić information content (AvgIpc) is 2.87. The van der Waals surface area contributed by atoms with Gasteiger partial charge >= 0.3 is 0 Å². The quantitative estimate of drug-likeness (QED) is 0.839. The second kappa shape index (κ2) is 6.04. The van der Waals surface area contributed by atoms with E-state index >= 15 is 0 Å². The molecule has 1 amide bonds. The molecule has 0 saturated carbocycles. The Morgan fingerprint density at radius 2 is 2.39 bits per heavy atom. The third kappa shape index (κ3) is 3.13. The van der Waals surface area contributed by atoms with Crippen molar-refractivity contribution in [1.29, 1.82) is 0 Å². The number of aromatic nitrogens is 2. The normalized spacial score (nSPS) is 19.0. The van der Waals surface area contributed by atoms with Gasteiger partial charge in [-0.15, -0.1) is 22.0 Å². The maximum atomic E-state index is 11.6. The molecule has 0 aromatic carbocycles. The number of hydrogen-bond acceptors (Lipinski definition) is 5. The molecule has 18 heavy (non-hydrogen) atoms. The Kier molecular flexibility index (Phi) is 4.41. The second-order valence-electron chi connectivity index (χ2n) is 4.28. The van der Waals surface area contributed by atoms with Crippen molar-refractivity contribution >= 4 is 23.5 Å². The molecule has 1 aromatic heterocycles. The second-order valence-corrected chi connectivity index (χ2v) is 5.11. The van der Waals surface area contributed by atoms with E-state index in [1.54, 1.807) is 11.8 Å². The minimum absolute atomic E-state index is 0.225. The molecule has 1 aliphatic rings. The van der Waals surface area contributed by atoms with E-state index in [0.717, 1.165) is 30.4 Å². The summed E-state index contributed by atoms with van der Waals surface area (Å²) in [5, 5.41) is 12.4. The lowest BCUT2D eigenvalue weighted by molar-refractivity contribution is -0.129. The van der Waals surface area contributed by atoms with Crippen LogP contribution < -0.4 is 5.32 Å². The van der Waals surface area contributed by atoms with Crippen molar-refractivity contribution < 1.29 is 4.79 Å². The lowest BCUT2D eigenvalue weighted by Gasteiger charge is -2.16. The van der Waals surface area contributed by atoms with Crippen LogP contribution in [0.15, 0.2) is 17.2 Å². The molecule has 0 radical (unpaired) electrons. The van der Waals surface area contributed by atoms with E-state index in [1.807, 2.05) is 30.2 Å². The first-order valence-corrected chi connectivity index (χ1v) is 7.37. The Bertz CT molecular complexity index is 409. The van der Waals surface area contributed by atoms with E-state index in [4.69, 9.17) is 0 Å². The molecule has 1 aromatic rings. The van der Waals surface area contributed by atoms with Crippen molar-refractivity contribution in [2.45, 2.75) is 30.8 Å². The van der Waals surface area contributed by atoms with Crippen LogP contribution in [-0.2, 0) is 4.79 Å². The van der Waals surface area contributed by atoms with Gasteiger partial charge in [-0.1, -0.05) is 6.92 Å². The number of nitrogens with zero attached hydrogens (tertiary/aromatic N) is 3. The molecule has 0 bridgehead atoms. The Morgan fingerprint density at radius 1 is 1.56 bits per heavy atom. The Labute approximate surface area is 111 Å². The Morgan fingerprint density at radius 3 is 3.00 bits per heavy atom. The van der Waals surface area contributed by atoms with Crippen molar-refractivity contribution in [3.8, 4) is 0 Å². The van der Waals surface area contributed by atoms with Gasteiger partial charge in [0.15, 0.2) is 0 Å². The van der Waals surface area contributed by atoms with Crippen LogP contribution in [0, 0.1) is 0 Å². The minimum atomic E-state index is 0.225. The predicted octanol–water partition coefficient (Wildman–Crippen LogP) is 1.62. The van der Waals surface area contributed by atoms with Crippen molar-refractivity contribution in [2.24, 2.45) is 0 Å². The lowest BCUT2D eigenvalue weighted by atomic mass is 10.2. The van der Waals surface area contributed by atoms with Gasteiger partial charge < -0.3 is 10.2 Å². The van der Waals surface area contributed by atoms with Crippen LogP contribution in [0.3, 0.4) is 0 Å². The van der Waals surface area contributed by atoms with Crippen LogP contribution in [0.2, 0.25) is 0 Å². The molecule has 1 saturated heterocycles. The average molecular weight is 266 g/mol. The molecular weight excluding hydrogens is 248 g/mol. The van der Waals surface area contributed by atoms with E-state index in [-0.39, 0.29) is 11.9 Å². The van der Waals surface area contributed by atoms with Gasteiger partial charge in [-0.3, -0.25) is 4.79 Å². The molecule has 2 rings (SSSR count). The maximum Gasteiger partial charge on any atom is 0.222 e. The SMILES string of the molecule is CCC(=O)N1CCC(Nc2ccc(SC)nn2)C1. The predicted molar refractivity (Wildman–Crippen MR) is 72.7 cm³/mol. The van der Waals surface area contributed by atoms with Gasteiger partial charge in [0, 0.05) is 25.6 Å². The molecule has 0 aliphatic carbocycles. The summed E-state index contributed by atoms with van der Waals surface area (Å²) in [5.41, 5.74) is 0. The van der Waals surface area contributed by atoms with Crippen molar-refractivity contribution in [1.82, 2.24) is 15.1 Å². The number of amides is 1. The number of carbonyl (C=O) groups excluding carboxylic acids is 1. The number of thioether (sulfide) groups is 1. The van der Waals surface area contributed by atoms with E-state index in [1.165, 1.54) is 0 Å².